The van der Waals surface area contributed by atoms with Crippen molar-refractivity contribution >= 4 is 46.5 Å². The van der Waals surface area contributed by atoms with Crippen LogP contribution < -0.4 is 15.5 Å². The number of carbonyl (C=O) groups is 3. The fourth-order valence-corrected chi connectivity index (χ4v) is 4.65. The highest BCUT2D eigenvalue weighted by molar-refractivity contribution is 8.04. The summed E-state index contributed by atoms with van der Waals surface area (Å²) >= 11 is 1.16. The van der Waals surface area contributed by atoms with Gasteiger partial charge < -0.3 is 15.1 Å². The third kappa shape index (κ3) is 4.80. The van der Waals surface area contributed by atoms with Crippen LogP contribution in [0.5, 0.6) is 0 Å². The van der Waals surface area contributed by atoms with Crippen molar-refractivity contribution in [1.82, 2.24) is 0 Å². The van der Waals surface area contributed by atoms with E-state index < -0.39 is 11.8 Å². The van der Waals surface area contributed by atoms with Crippen LogP contribution in [0, 0.1) is 6.92 Å². The Labute approximate surface area is 211 Å². The third-order valence-electron chi connectivity index (χ3n) is 5.43. The van der Waals surface area contributed by atoms with E-state index in [1.54, 1.807) is 42.5 Å². The largest absolute Gasteiger partial charge is 0.459 e. The van der Waals surface area contributed by atoms with Crippen LogP contribution in [0.3, 0.4) is 0 Å². The highest BCUT2D eigenvalue weighted by Crippen LogP contribution is 2.38. The minimum absolute atomic E-state index is 0.190. The second-order valence-corrected chi connectivity index (χ2v) is 9.12. The number of anilines is 3. The summed E-state index contributed by atoms with van der Waals surface area (Å²) < 4.78 is 5.14. The number of hydrogen-bond donors (Lipinski definition) is 2. The number of nitrogens with one attached hydrogen (secondary N) is 2. The molecular formula is C28H21N3O4S. The number of rotatable bonds is 7. The molecule has 0 unspecified atom stereocenters. The molecule has 4 aromatic rings. The molecule has 5 rings (SSSR count). The molecule has 3 aromatic carbocycles. The van der Waals surface area contributed by atoms with Crippen molar-refractivity contribution in [2.45, 2.75) is 11.8 Å². The molecule has 1 aromatic heterocycles. The highest BCUT2D eigenvalue weighted by atomic mass is 32.2. The Morgan fingerprint density at radius 3 is 2.31 bits per heavy atom. The van der Waals surface area contributed by atoms with Gasteiger partial charge in [0, 0.05) is 16.3 Å². The number of furan rings is 1. The zero-order chi connectivity index (χ0) is 25.1. The van der Waals surface area contributed by atoms with Gasteiger partial charge in [-0.2, -0.15) is 0 Å². The quantitative estimate of drug-likeness (QED) is 0.314. The lowest BCUT2D eigenvalue weighted by Gasteiger charge is -2.15. The smallest absolute Gasteiger partial charge is 0.291 e. The van der Waals surface area contributed by atoms with Gasteiger partial charge in [0.15, 0.2) is 5.76 Å². The first-order valence-electron chi connectivity index (χ1n) is 11.1. The molecule has 178 valence electrons. The minimum atomic E-state index is -0.433. The molecule has 2 heterocycles. The van der Waals surface area contributed by atoms with E-state index in [9.17, 15) is 14.4 Å². The molecule has 0 spiro atoms. The molecule has 0 fully saturated rings. The van der Waals surface area contributed by atoms with Crippen molar-refractivity contribution in [3.8, 4) is 0 Å². The minimum Gasteiger partial charge on any atom is -0.459 e. The SMILES string of the molecule is Cc1ccc(N2C(=O)C(Nc3ccccc3)=C(Sc3cccc(NC(=O)c4ccco4)c3)C2=O)cc1. The summed E-state index contributed by atoms with van der Waals surface area (Å²) in [5.41, 5.74) is 2.94. The number of thioether (sulfide) groups is 1. The summed E-state index contributed by atoms with van der Waals surface area (Å²) in [5.74, 6) is -1.05. The van der Waals surface area contributed by atoms with Gasteiger partial charge in [-0.3, -0.25) is 14.4 Å². The Bertz CT molecular complexity index is 1460. The first-order chi connectivity index (χ1) is 17.5. The lowest BCUT2D eigenvalue weighted by atomic mass is 10.2. The van der Waals surface area contributed by atoms with E-state index in [2.05, 4.69) is 10.6 Å². The molecule has 0 saturated heterocycles. The zero-order valence-corrected chi connectivity index (χ0v) is 20.0. The van der Waals surface area contributed by atoms with Crippen molar-refractivity contribution in [2.24, 2.45) is 0 Å². The molecule has 1 aliphatic rings. The van der Waals surface area contributed by atoms with Crippen LogP contribution in [0.2, 0.25) is 0 Å². The van der Waals surface area contributed by atoms with Crippen LogP contribution in [0.15, 0.2) is 117 Å². The molecule has 7 nitrogen and oxygen atoms in total. The van der Waals surface area contributed by atoms with Gasteiger partial charge in [-0.25, -0.2) is 4.90 Å². The van der Waals surface area contributed by atoms with Gasteiger partial charge in [-0.05, 0) is 61.5 Å². The predicted octanol–water partition coefficient (Wildman–Crippen LogP) is 5.83. The van der Waals surface area contributed by atoms with E-state index in [4.69, 9.17) is 4.42 Å². The summed E-state index contributed by atoms with van der Waals surface area (Å²) in [6, 6.07) is 26.7. The van der Waals surface area contributed by atoms with Gasteiger partial charge in [0.2, 0.25) is 0 Å². The van der Waals surface area contributed by atoms with Crippen molar-refractivity contribution in [1.29, 1.82) is 0 Å². The Balaban J connectivity index is 1.46. The molecule has 0 bridgehead atoms. The van der Waals surface area contributed by atoms with E-state index in [0.717, 1.165) is 17.3 Å². The number of benzene rings is 3. The third-order valence-corrected chi connectivity index (χ3v) is 6.51. The molecular weight excluding hydrogens is 474 g/mol. The Morgan fingerprint density at radius 2 is 1.58 bits per heavy atom. The Hall–Kier alpha value is -4.56. The average molecular weight is 496 g/mol. The highest BCUT2D eigenvalue weighted by Gasteiger charge is 2.40. The molecule has 0 saturated carbocycles. The summed E-state index contributed by atoms with van der Waals surface area (Å²) in [7, 11) is 0. The van der Waals surface area contributed by atoms with Crippen molar-refractivity contribution in [3.05, 3.63) is 119 Å². The Kier molecular flexibility index (Phi) is 6.42. The van der Waals surface area contributed by atoms with Crippen LogP contribution in [0.1, 0.15) is 16.1 Å². The van der Waals surface area contributed by atoms with Crippen LogP contribution in [-0.4, -0.2) is 17.7 Å². The molecule has 36 heavy (non-hydrogen) atoms. The number of amides is 3. The number of aryl methyl sites for hydroxylation is 1. The molecule has 8 heteroatoms. The molecule has 0 radical (unpaired) electrons. The summed E-state index contributed by atoms with van der Waals surface area (Å²) in [6.07, 6.45) is 1.43. The van der Waals surface area contributed by atoms with Crippen LogP contribution in [0.25, 0.3) is 0 Å². The molecule has 3 amide bonds. The fraction of sp³-hybridized carbons (Fsp3) is 0.0357. The normalized spacial score (nSPS) is 13.3. The summed E-state index contributed by atoms with van der Waals surface area (Å²) in [4.78, 5) is 41.5. The molecule has 1 aliphatic heterocycles. The maximum atomic E-state index is 13.5. The number of carbonyl (C=O) groups excluding carboxylic acids is 3. The first kappa shape index (κ1) is 23.2. The van der Waals surface area contributed by atoms with Crippen molar-refractivity contribution in [2.75, 3.05) is 15.5 Å². The Morgan fingerprint density at radius 1 is 0.833 bits per heavy atom. The van der Waals surface area contributed by atoms with Gasteiger partial charge in [0.1, 0.15) is 10.6 Å². The second-order valence-electron chi connectivity index (χ2n) is 8.04. The van der Waals surface area contributed by atoms with E-state index in [0.29, 0.717) is 22.0 Å². The number of para-hydroxylation sites is 1. The molecule has 2 N–H and O–H groups in total. The molecule has 0 atom stereocenters. The average Bonchev–Trinajstić information content (AvgIpc) is 3.50. The predicted molar refractivity (Wildman–Crippen MR) is 140 cm³/mol. The lowest BCUT2D eigenvalue weighted by Crippen LogP contribution is -2.32. The van der Waals surface area contributed by atoms with E-state index >= 15 is 0 Å². The standard InChI is InChI=1S/C28H21N3O4S/c1-18-12-14-21(15-13-18)31-27(33)24(29-19-7-3-2-4-8-19)25(28(31)34)36-22-10-5-9-20(17-22)30-26(32)23-11-6-16-35-23/h2-17,29H,1H3,(H,30,32). The monoisotopic (exact) mass is 495 g/mol. The first-order valence-corrected chi connectivity index (χ1v) is 12.0. The van der Waals surface area contributed by atoms with Crippen molar-refractivity contribution < 1.29 is 18.8 Å². The van der Waals surface area contributed by atoms with E-state index in [-0.39, 0.29) is 22.3 Å². The van der Waals surface area contributed by atoms with Gasteiger partial charge >= 0.3 is 0 Å². The number of nitrogens with zero attached hydrogens (tertiary/aromatic N) is 1. The van der Waals surface area contributed by atoms with Crippen molar-refractivity contribution in [3.63, 3.8) is 0 Å². The fourth-order valence-electron chi connectivity index (χ4n) is 3.66. The van der Waals surface area contributed by atoms with E-state index in [1.165, 1.54) is 11.2 Å². The topological polar surface area (TPSA) is 91.7 Å². The summed E-state index contributed by atoms with van der Waals surface area (Å²) in [5, 5.41) is 5.91. The van der Waals surface area contributed by atoms with Gasteiger partial charge in [-0.15, -0.1) is 0 Å². The lowest BCUT2D eigenvalue weighted by molar-refractivity contribution is -0.120. The molecule has 0 aliphatic carbocycles. The van der Waals surface area contributed by atoms with E-state index in [1.807, 2.05) is 55.5 Å². The van der Waals surface area contributed by atoms with Gasteiger partial charge in [-0.1, -0.05) is 53.7 Å². The number of hydrogen-bond acceptors (Lipinski definition) is 6. The maximum absolute atomic E-state index is 13.5. The zero-order valence-electron chi connectivity index (χ0n) is 19.2. The van der Waals surface area contributed by atoms with Gasteiger partial charge in [0.05, 0.1) is 12.0 Å². The van der Waals surface area contributed by atoms with Crippen LogP contribution >= 0.6 is 11.8 Å². The second kappa shape index (κ2) is 9.97. The number of imide groups is 1. The maximum Gasteiger partial charge on any atom is 0.291 e. The van der Waals surface area contributed by atoms with Crippen LogP contribution in [-0.2, 0) is 9.59 Å². The van der Waals surface area contributed by atoms with Gasteiger partial charge in [0.25, 0.3) is 17.7 Å². The van der Waals surface area contributed by atoms with Crippen LogP contribution in [0.4, 0.5) is 17.1 Å². The summed E-state index contributed by atoms with van der Waals surface area (Å²) in [6.45, 7) is 1.94.